The zero-order valence-electron chi connectivity index (χ0n) is 11.8. The van der Waals surface area contributed by atoms with E-state index >= 15 is 0 Å². The highest BCUT2D eigenvalue weighted by molar-refractivity contribution is 7.11. The van der Waals surface area contributed by atoms with Crippen LogP contribution in [0.3, 0.4) is 0 Å². The third kappa shape index (κ3) is 2.69. The summed E-state index contributed by atoms with van der Waals surface area (Å²) in [5.41, 5.74) is 0.566. The molecule has 0 aromatic carbocycles. The molecule has 1 aliphatic rings. The molecule has 2 heterocycles. The van der Waals surface area contributed by atoms with Crippen LogP contribution in [0.5, 0.6) is 0 Å². The maximum absolute atomic E-state index is 12.5. The lowest BCUT2D eigenvalue weighted by molar-refractivity contribution is -0.121. The van der Waals surface area contributed by atoms with Gasteiger partial charge in [0.05, 0.1) is 11.7 Å². The normalized spacial score (nSPS) is 22.6. The molecule has 6 nitrogen and oxygen atoms in total. The number of aromatic carboxylic acids is 1. The van der Waals surface area contributed by atoms with Crippen LogP contribution in [-0.2, 0) is 4.79 Å². The van der Waals surface area contributed by atoms with E-state index < -0.39 is 5.97 Å². The molecule has 2 rings (SSSR count). The molecule has 1 amide bonds. The maximum atomic E-state index is 12.5. The molecule has 7 heteroatoms. The van der Waals surface area contributed by atoms with Crippen molar-refractivity contribution in [1.82, 2.24) is 9.69 Å². The highest BCUT2D eigenvalue weighted by Gasteiger charge is 2.32. The number of carbonyl (C=O) groups excluding carboxylic acids is 1. The molecule has 110 valence electrons. The summed E-state index contributed by atoms with van der Waals surface area (Å²) in [7, 11) is 1.62. The van der Waals surface area contributed by atoms with Crippen LogP contribution in [0.4, 0.5) is 5.00 Å². The van der Waals surface area contributed by atoms with Gasteiger partial charge in [0.25, 0.3) is 0 Å². The SMILES string of the molecule is Cc1nsc(N(C)C(=O)C2NCCCC2C)c1C(=O)O. The van der Waals surface area contributed by atoms with Crippen LogP contribution in [0.25, 0.3) is 0 Å². The number of carbonyl (C=O) groups is 2. The van der Waals surface area contributed by atoms with Gasteiger partial charge in [0.2, 0.25) is 5.91 Å². The number of carboxylic acids is 1. The molecule has 0 bridgehead atoms. The first kappa shape index (κ1) is 14.9. The minimum absolute atomic E-state index is 0.0941. The van der Waals surface area contributed by atoms with Gasteiger partial charge in [0, 0.05) is 7.05 Å². The van der Waals surface area contributed by atoms with Gasteiger partial charge in [-0.3, -0.25) is 4.79 Å². The van der Waals surface area contributed by atoms with Gasteiger partial charge in [-0.2, -0.15) is 4.37 Å². The lowest BCUT2D eigenvalue weighted by Crippen LogP contribution is -2.51. The number of aryl methyl sites for hydroxylation is 1. The van der Waals surface area contributed by atoms with Crippen molar-refractivity contribution >= 4 is 28.4 Å². The van der Waals surface area contributed by atoms with Gasteiger partial charge in [-0.25, -0.2) is 4.79 Å². The number of anilines is 1. The van der Waals surface area contributed by atoms with Crippen molar-refractivity contribution in [3.63, 3.8) is 0 Å². The van der Waals surface area contributed by atoms with E-state index in [0.717, 1.165) is 30.9 Å². The quantitative estimate of drug-likeness (QED) is 0.883. The lowest BCUT2D eigenvalue weighted by atomic mass is 9.92. The van der Waals surface area contributed by atoms with Crippen molar-refractivity contribution in [3.05, 3.63) is 11.3 Å². The predicted molar refractivity (Wildman–Crippen MR) is 77.4 cm³/mol. The fourth-order valence-electron chi connectivity index (χ4n) is 2.52. The van der Waals surface area contributed by atoms with Crippen LogP contribution < -0.4 is 10.2 Å². The van der Waals surface area contributed by atoms with Crippen molar-refractivity contribution in [3.8, 4) is 0 Å². The average Bonchev–Trinajstić information content (AvgIpc) is 2.79. The molecule has 0 radical (unpaired) electrons. The number of hydrogen-bond donors (Lipinski definition) is 2. The van der Waals surface area contributed by atoms with E-state index in [0.29, 0.717) is 10.7 Å². The zero-order chi connectivity index (χ0) is 14.9. The number of nitrogens with one attached hydrogen (secondary N) is 1. The summed E-state index contributed by atoms with van der Waals surface area (Å²) in [6.07, 6.45) is 2.07. The van der Waals surface area contributed by atoms with Crippen LogP contribution in [0.1, 0.15) is 35.8 Å². The molecule has 1 aromatic rings. The first-order valence-electron chi connectivity index (χ1n) is 6.64. The van der Waals surface area contributed by atoms with Crippen LogP contribution in [0.2, 0.25) is 0 Å². The molecule has 2 unspecified atom stereocenters. The van der Waals surface area contributed by atoms with Gasteiger partial charge < -0.3 is 15.3 Å². The van der Waals surface area contributed by atoms with Crippen LogP contribution in [0.15, 0.2) is 0 Å². The van der Waals surface area contributed by atoms with E-state index in [1.807, 2.05) is 6.92 Å². The summed E-state index contributed by atoms with van der Waals surface area (Å²) >= 11 is 1.05. The van der Waals surface area contributed by atoms with Crippen molar-refractivity contribution in [1.29, 1.82) is 0 Å². The Morgan fingerprint density at radius 3 is 2.80 bits per heavy atom. The molecular weight excluding hydrogens is 278 g/mol. The molecule has 1 aliphatic heterocycles. The molecule has 20 heavy (non-hydrogen) atoms. The van der Waals surface area contributed by atoms with Crippen molar-refractivity contribution in [2.75, 3.05) is 18.5 Å². The monoisotopic (exact) mass is 297 g/mol. The summed E-state index contributed by atoms with van der Waals surface area (Å²) in [6.45, 7) is 4.50. The van der Waals surface area contributed by atoms with Crippen LogP contribution >= 0.6 is 11.5 Å². The third-order valence-electron chi connectivity index (χ3n) is 3.73. The van der Waals surface area contributed by atoms with E-state index in [1.54, 1.807) is 14.0 Å². The number of nitrogens with zero attached hydrogens (tertiary/aromatic N) is 2. The number of hydrogen-bond acceptors (Lipinski definition) is 5. The Hall–Kier alpha value is -1.47. The standard InChI is InChI=1S/C13H19N3O3S/c1-7-5-4-6-14-10(7)11(17)16(3)12-9(13(18)19)8(2)15-20-12/h7,10,14H,4-6H2,1-3H3,(H,18,19). The fraction of sp³-hybridized carbons (Fsp3) is 0.615. The molecule has 1 aromatic heterocycles. The van der Waals surface area contributed by atoms with E-state index in [2.05, 4.69) is 9.69 Å². The first-order valence-corrected chi connectivity index (χ1v) is 7.41. The van der Waals surface area contributed by atoms with Gasteiger partial charge >= 0.3 is 5.97 Å². The van der Waals surface area contributed by atoms with E-state index in [9.17, 15) is 14.7 Å². The Kier molecular flexibility index (Phi) is 4.39. The maximum Gasteiger partial charge on any atom is 0.340 e. The number of amides is 1. The molecule has 0 aliphatic carbocycles. The minimum atomic E-state index is -1.05. The molecule has 0 saturated carbocycles. The molecular formula is C13H19N3O3S. The lowest BCUT2D eigenvalue weighted by Gasteiger charge is -2.31. The second kappa shape index (κ2) is 5.88. The van der Waals surface area contributed by atoms with Crippen LogP contribution in [-0.4, -0.2) is 41.0 Å². The largest absolute Gasteiger partial charge is 0.478 e. The Balaban J connectivity index is 2.24. The summed E-state index contributed by atoms with van der Waals surface area (Å²) < 4.78 is 4.05. The van der Waals surface area contributed by atoms with Gasteiger partial charge in [-0.1, -0.05) is 6.92 Å². The zero-order valence-corrected chi connectivity index (χ0v) is 12.7. The van der Waals surface area contributed by atoms with Gasteiger partial charge in [0.15, 0.2) is 0 Å². The summed E-state index contributed by atoms with van der Waals surface area (Å²) in [4.78, 5) is 25.3. The molecule has 1 saturated heterocycles. The topological polar surface area (TPSA) is 82.5 Å². The van der Waals surface area contributed by atoms with Crippen molar-refractivity contribution in [2.24, 2.45) is 5.92 Å². The Morgan fingerprint density at radius 1 is 1.50 bits per heavy atom. The molecule has 0 spiro atoms. The smallest absolute Gasteiger partial charge is 0.340 e. The molecule has 1 fully saturated rings. The Bertz CT molecular complexity index is 529. The van der Waals surface area contributed by atoms with Crippen molar-refractivity contribution < 1.29 is 14.7 Å². The van der Waals surface area contributed by atoms with Gasteiger partial charge in [0.1, 0.15) is 10.6 Å². The number of aromatic nitrogens is 1. The van der Waals surface area contributed by atoms with E-state index in [-0.39, 0.29) is 23.4 Å². The predicted octanol–water partition coefficient (Wildman–Crippen LogP) is 1.50. The number of rotatable bonds is 3. The Labute approximate surface area is 122 Å². The Morgan fingerprint density at radius 2 is 2.20 bits per heavy atom. The average molecular weight is 297 g/mol. The summed E-state index contributed by atoms with van der Waals surface area (Å²) in [6, 6.07) is -0.252. The highest BCUT2D eigenvalue weighted by atomic mass is 32.1. The minimum Gasteiger partial charge on any atom is -0.478 e. The number of carboxylic acid groups (broad SMARTS) is 1. The summed E-state index contributed by atoms with van der Waals surface area (Å²) in [5.74, 6) is -0.889. The number of piperidine rings is 1. The second-order valence-electron chi connectivity index (χ2n) is 5.20. The highest BCUT2D eigenvalue weighted by Crippen LogP contribution is 2.29. The number of likely N-dealkylation sites (N-methyl/N-ethyl adjacent to an activating group) is 1. The van der Waals surface area contributed by atoms with Crippen LogP contribution in [0, 0.1) is 12.8 Å². The van der Waals surface area contributed by atoms with E-state index in [4.69, 9.17) is 0 Å². The van der Waals surface area contributed by atoms with Crippen molar-refractivity contribution in [2.45, 2.75) is 32.7 Å². The van der Waals surface area contributed by atoms with Gasteiger partial charge in [-0.05, 0) is 43.8 Å². The third-order valence-corrected chi connectivity index (χ3v) is 4.75. The molecule has 2 N–H and O–H groups in total. The second-order valence-corrected chi connectivity index (χ2v) is 5.95. The van der Waals surface area contributed by atoms with E-state index in [1.165, 1.54) is 4.90 Å². The van der Waals surface area contributed by atoms with Gasteiger partial charge in [-0.15, -0.1) is 0 Å². The first-order chi connectivity index (χ1) is 9.43. The fourth-order valence-corrected chi connectivity index (χ4v) is 3.38. The molecule has 2 atom stereocenters. The summed E-state index contributed by atoms with van der Waals surface area (Å²) in [5, 5.41) is 12.9.